The van der Waals surface area contributed by atoms with E-state index in [2.05, 4.69) is 29.8 Å². The van der Waals surface area contributed by atoms with E-state index in [-0.39, 0.29) is 6.04 Å². The second kappa shape index (κ2) is 6.00. The Hall–Kier alpha value is -1.10. The smallest absolute Gasteiger partial charge is 0.122 e. The molecule has 2 aromatic heterocycles. The van der Waals surface area contributed by atoms with Gasteiger partial charge in [-0.1, -0.05) is 13.0 Å². The maximum Gasteiger partial charge on any atom is 0.122 e. The van der Waals surface area contributed by atoms with Crippen molar-refractivity contribution in [1.29, 1.82) is 0 Å². The lowest BCUT2D eigenvalue weighted by Gasteiger charge is -2.13. The number of hydrogen-bond donors (Lipinski definition) is 2. The summed E-state index contributed by atoms with van der Waals surface area (Å²) in [6.07, 6.45) is 0.919. The predicted molar refractivity (Wildman–Crippen MR) is 71.0 cm³/mol. The number of rotatable bonds is 6. The lowest BCUT2D eigenvalue weighted by Crippen LogP contribution is -2.27. The van der Waals surface area contributed by atoms with Gasteiger partial charge in [-0.2, -0.15) is 0 Å². The Labute approximate surface area is 106 Å². The molecule has 3 N–H and O–H groups in total. The molecule has 0 aromatic carbocycles. The molecule has 1 atom stereocenters. The fourth-order valence-electron chi connectivity index (χ4n) is 1.71. The summed E-state index contributed by atoms with van der Waals surface area (Å²) in [5.41, 5.74) is 5.78. The first kappa shape index (κ1) is 12.4. The third-order valence-electron chi connectivity index (χ3n) is 2.71. The van der Waals surface area contributed by atoms with E-state index in [0.29, 0.717) is 6.54 Å². The lowest BCUT2D eigenvalue weighted by atomic mass is 10.2. The van der Waals surface area contributed by atoms with Gasteiger partial charge in [-0.3, -0.25) is 0 Å². The van der Waals surface area contributed by atoms with Gasteiger partial charge in [-0.15, -0.1) is 11.3 Å². The van der Waals surface area contributed by atoms with E-state index in [1.54, 1.807) is 11.3 Å². The summed E-state index contributed by atoms with van der Waals surface area (Å²) >= 11 is 1.75. The van der Waals surface area contributed by atoms with Gasteiger partial charge in [0.25, 0.3) is 0 Å². The fourth-order valence-corrected chi connectivity index (χ4v) is 2.36. The highest BCUT2D eigenvalue weighted by Gasteiger charge is 2.13. The molecule has 0 bridgehead atoms. The summed E-state index contributed by atoms with van der Waals surface area (Å²) in [5, 5.41) is 5.50. The van der Waals surface area contributed by atoms with Crippen molar-refractivity contribution in [3.05, 3.63) is 46.0 Å². The molecule has 0 radical (unpaired) electrons. The van der Waals surface area contributed by atoms with Crippen LogP contribution in [0.15, 0.2) is 34.1 Å². The molecule has 0 aliphatic heterocycles. The van der Waals surface area contributed by atoms with Gasteiger partial charge in [0.2, 0.25) is 0 Å². The molecule has 92 valence electrons. The van der Waals surface area contributed by atoms with Gasteiger partial charge in [0.15, 0.2) is 0 Å². The van der Waals surface area contributed by atoms with Crippen molar-refractivity contribution in [1.82, 2.24) is 5.32 Å². The van der Waals surface area contributed by atoms with Crippen LogP contribution in [0.2, 0.25) is 0 Å². The molecule has 0 saturated heterocycles. The maximum absolute atomic E-state index is 5.78. The Morgan fingerprint density at radius 2 is 2.29 bits per heavy atom. The Morgan fingerprint density at radius 3 is 2.88 bits per heavy atom. The van der Waals surface area contributed by atoms with E-state index in [0.717, 1.165) is 24.5 Å². The molecule has 3 nitrogen and oxygen atoms in total. The van der Waals surface area contributed by atoms with Gasteiger partial charge in [-0.05, 0) is 23.6 Å². The Kier molecular flexibility index (Phi) is 4.36. The zero-order valence-electron chi connectivity index (χ0n) is 9.98. The third-order valence-corrected chi connectivity index (χ3v) is 3.59. The molecular formula is C13H18N2OS. The minimum atomic E-state index is 0.0948. The van der Waals surface area contributed by atoms with Crippen molar-refractivity contribution >= 4 is 11.3 Å². The third kappa shape index (κ3) is 3.19. The molecule has 0 aliphatic carbocycles. The largest absolute Gasteiger partial charge is 0.464 e. The summed E-state index contributed by atoms with van der Waals surface area (Å²) in [6.45, 7) is 3.46. The Balaban J connectivity index is 1.96. The quantitative estimate of drug-likeness (QED) is 0.828. The van der Waals surface area contributed by atoms with Gasteiger partial charge in [0.05, 0.1) is 6.04 Å². The van der Waals surface area contributed by atoms with Crippen LogP contribution in [0.25, 0.3) is 0 Å². The van der Waals surface area contributed by atoms with Gasteiger partial charge < -0.3 is 15.5 Å². The topological polar surface area (TPSA) is 51.2 Å². The molecule has 0 amide bonds. The zero-order chi connectivity index (χ0) is 12.1. The van der Waals surface area contributed by atoms with Gasteiger partial charge in [0.1, 0.15) is 11.5 Å². The Bertz CT molecular complexity index is 436. The number of thiophene rings is 1. The number of furan rings is 1. The average molecular weight is 250 g/mol. The van der Waals surface area contributed by atoms with E-state index in [1.807, 2.05) is 12.1 Å². The van der Waals surface area contributed by atoms with Crippen LogP contribution in [-0.2, 0) is 13.0 Å². The van der Waals surface area contributed by atoms with Gasteiger partial charge in [-0.25, -0.2) is 0 Å². The number of hydrogen-bond acceptors (Lipinski definition) is 4. The second-order valence-corrected chi connectivity index (χ2v) is 4.94. The minimum Gasteiger partial charge on any atom is -0.464 e. The van der Waals surface area contributed by atoms with Crippen LogP contribution in [0.4, 0.5) is 0 Å². The molecule has 1 unspecified atom stereocenters. The molecule has 2 heterocycles. The van der Waals surface area contributed by atoms with Gasteiger partial charge >= 0.3 is 0 Å². The first-order valence-corrected chi connectivity index (χ1v) is 6.76. The van der Waals surface area contributed by atoms with Crippen molar-refractivity contribution in [2.75, 3.05) is 6.54 Å². The second-order valence-electron chi connectivity index (χ2n) is 3.91. The maximum atomic E-state index is 5.78. The SMILES string of the molecule is CCc1ccc(C(CN)NCc2cccs2)o1. The highest BCUT2D eigenvalue weighted by Crippen LogP contribution is 2.17. The molecule has 2 rings (SSSR count). The van der Waals surface area contributed by atoms with Crippen molar-refractivity contribution < 1.29 is 4.42 Å². The Morgan fingerprint density at radius 1 is 1.41 bits per heavy atom. The number of aryl methyl sites for hydroxylation is 1. The normalized spacial score (nSPS) is 12.8. The van der Waals surface area contributed by atoms with Crippen LogP contribution in [0.1, 0.15) is 29.4 Å². The fraction of sp³-hybridized carbons (Fsp3) is 0.385. The van der Waals surface area contributed by atoms with Gasteiger partial charge in [0, 0.05) is 24.4 Å². The number of nitrogens with one attached hydrogen (secondary N) is 1. The van der Waals surface area contributed by atoms with E-state index in [4.69, 9.17) is 10.2 Å². The monoisotopic (exact) mass is 250 g/mol. The van der Waals surface area contributed by atoms with E-state index in [1.165, 1.54) is 4.88 Å². The first-order valence-electron chi connectivity index (χ1n) is 5.88. The predicted octanol–water partition coefficient (Wildman–Crippen LogP) is 2.69. The molecule has 4 heteroatoms. The first-order chi connectivity index (χ1) is 8.33. The lowest BCUT2D eigenvalue weighted by molar-refractivity contribution is 0.397. The summed E-state index contributed by atoms with van der Waals surface area (Å²) < 4.78 is 5.72. The molecule has 0 spiro atoms. The van der Waals surface area contributed by atoms with Crippen LogP contribution in [0.5, 0.6) is 0 Å². The highest BCUT2D eigenvalue weighted by atomic mass is 32.1. The molecular weight excluding hydrogens is 232 g/mol. The van der Waals surface area contributed by atoms with E-state index >= 15 is 0 Å². The summed E-state index contributed by atoms with van der Waals surface area (Å²) in [7, 11) is 0. The van der Waals surface area contributed by atoms with Crippen molar-refractivity contribution in [3.63, 3.8) is 0 Å². The molecule has 0 fully saturated rings. The van der Waals surface area contributed by atoms with Crippen molar-refractivity contribution in [2.45, 2.75) is 25.9 Å². The van der Waals surface area contributed by atoms with Crippen molar-refractivity contribution in [3.8, 4) is 0 Å². The summed E-state index contributed by atoms with van der Waals surface area (Å²) in [4.78, 5) is 1.31. The molecule has 0 saturated carbocycles. The minimum absolute atomic E-state index is 0.0948. The van der Waals surface area contributed by atoms with Crippen LogP contribution in [0.3, 0.4) is 0 Å². The standard InChI is InChI=1S/C13H18N2OS/c1-2-10-5-6-13(16-10)12(8-14)15-9-11-4-3-7-17-11/h3-7,12,15H,2,8-9,14H2,1H3. The van der Waals surface area contributed by atoms with E-state index in [9.17, 15) is 0 Å². The number of nitrogens with two attached hydrogens (primary N) is 1. The van der Waals surface area contributed by atoms with Crippen LogP contribution in [0, 0.1) is 0 Å². The zero-order valence-corrected chi connectivity index (χ0v) is 10.8. The van der Waals surface area contributed by atoms with E-state index < -0.39 is 0 Å². The average Bonchev–Trinajstić information content (AvgIpc) is 3.00. The molecule has 17 heavy (non-hydrogen) atoms. The molecule has 2 aromatic rings. The van der Waals surface area contributed by atoms with Crippen molar-refractivity contribution in [2.24, 2.45) is 5.73 Å². The van der Waals surface area contributed by atoms with Crippen LogP contribution < -0.4 is 11.1 Å². The summed E-state index contributed by atoms with van der Waals surface area (Å²) in [6, 6.07) is 8.30. The van der Waals surface area contributed by atoms with Crippen LogP contribution >= 0.6 is 11.3 Å². The van der Waals surface area contributed by atoms with Crippen LogP contribution in [-0.4, -0.2) is 6.54 Å². The molecule has 0 aliphatic rings. The summed E-state index contributed by atoms with van der Waals surface area (Å²) in [5.74, 6) is 1.94. The highest BCUT2D eigenvalue weighted by molar-refractivity contribution is 7.09.